The Morgan fingerprint density at radius 2 is 2.14 bits per heavy atom. The van der Waals surface area contributed by atoms with Crippen LogP contribution in [0.1, 0.15) is 17.7 Å². The van der Waals surface area contributed by atoms with Gasteiger partial charge in [0.25, 0.3) is 0 Å². The van der Waals surface area contributed by atoms with Crippen LogP contribution in [-0.4, -0.2) is 23.0 Å². The molecule has 0 aliphatic heterocycles. The molecule has 1 N–H and O–H groups in total. The van der Waals surface area contributed by atoms with Crippen molar-refractivity contribution in [3.05, 3.63) is 17.5 Å². The first-order valence-electron chi connectivity index (χ1n) is 4.12. The quantitative estimate of drug-likeness (QED) is 0.820. The van der Waals surface area contributed by atoms with Gasteiger partial charge in [0, 0.05) is 12.2 Å². The van der Waals surface area contributed by atoms with Gasteiger partial charge >= 0.3 is 6.18 Å². The second-order valence-electron chi connectivity index (χ2n) is 2.91. The zero-order chi connectivity index (χ0) is 10.6. The van der Waals surface area contributed by atoms with E-state index in [0.29, 0.717) is 12.8 Å². The summed E-state index contributed by atoms with van der Waals surface area (Å²) in [5.74, 6) is 0. The van der Waals surface area contributed by atoms with Crippen molar-refractivity contribution < 1.29 is 22.8 Å². The van der Waals surface area contributed by atoms with Gasteiger partial charge in [-0.15, -0.1) is 0 Å². The Bertz CT molecular complexity index is 282. The minimum Gasteiger partial charge on any atom is -0.396 e. The molecule has 0 atom stereocenters. The van der Waals surface area contributed by atoms with Crippen LogP contribution in [-0.2, 0) is 12.8 Å². The van der Waals surface area contributed by atoms with Crippen LogP contribution in [0.25, 0.3) is 0 Å². The highest BCUT2D eigenvalue weighted by Crippen LogP contribution is 2.23. The van der Waals surface area contributed by atoms with Crippen LogP contribution < -0.4 is 0 Å². The molecule has 3 nitrogen and oxygen atoms in total. The molecule has 0 saturated heterocycles. The Labute approximate surface area is 78.5 Å². The molecule has 0 spiro atoms. The predicted molar refractivity (Wildman–Crippen MR) is 41.7 cm³/mol. The summed E-state index contributed by atoms with van der Waals surface area (Å²) in [5.41, 5.74) is 0.322. The fourth-order valence-electron chi connectivity index (χ4n) is 1.09. The summed E-state index contributed by atoms with van der Waals surface area (Å²) in [6, 6.07) is 0. The van der Waals surface area contributed by atoms with Crippen molar-refractivity contribution in [2.75, 3.05) is 6.61 Å². The van der Waals surface area contributed by atoms with Crippen LogP contribution in [0.5, 0.6) is 0 Å². The van der Waals surface area contributed by atoms with Crippen molar-refractivity contribution in [2.24, 2.45) is 0 Å². The Balaban J connectivity index is 2.63. The van der Waals surface area contributed by atoms with E-state index in [1.54, 1.807) is 0 Å². The molecular formula is C8H10F3NO2. The van der Waals surface area contributed by atoms with E-state index in [9.17, 15) is 13.2 Å². The molecule has 14 heavy (non-hydrogen) atoms. The lowest BCUT2D eigenvalue weighted by molar-refractivity contribution is -0.127. The second kappa shape index (κ2) is 4.45. The standard InChI is InChI=1S/C8H10F3NO2/c9-8(10,11)4-6-5-14-12-7(6)2-1-3-13/h5,13H,1-4H2. The van der Waals surface area contributed by atoms with Crippen LogP contribution in [0.15, 0.2) is 10.8 Å². The Morgan fingerprint density at radius 3 is 2.71 bits per heavy atom. The van der Waals surface area contributed by atoms with E-state index in [-0.39, 0.29) is 17.9 Å². The van der Waals surface area contributed by atoms with E-state index < -0.39 is 12.6 Å². The van der Waals surface area contributed by atoms with Crippen LogP contribution >= 0.6 is 0 Å². The minimum absolute atomic E-state index is 0.0472. The number of hydrogen-bond acceptors (Lipinski definition) is 3. The van der Waals surface area contributed by atoms with E-state index in [1.807, 2.05) is 0 Å². The van der Waals surface area contributed by atoms with Gasteiger partial charge in [-0.05, 0) is 12.8 Å². The number of hydrogen-bond donors (Lipinski definition) is 1. The summed E-state index contributed by atoms with van der Waals surface area (Å²) in [7, 11) is 0. The van der Waals surface area contributed by atoms with E-state index >= 15 is 0 Å². The largest absolute Gasteiger partial charge is 0.396 e. The number of aryl methyl sites for hydroxylation is 1. The third kappa shape index (κ3) is 3.37. The molecule has 1 rings (SSSR count). The first-order valence-corrected chi connectivity index (χ1v) is 4.12. The Hall–Kier alpha value is -1.04. The van der Waals surface area contributed by atoms with Gasteiger partial charge < -0.3 is 9.63 Å². The third-order valence-corrected chi connectivity index (χ3v) is 1.69. The van der Waals surface area contributed by atoms with Crippen molar-refractivity contribution in [1.82, 2.24) is 5.16 Å². The van der Waals surface area contributed by atoms with Gasteiger partial charge in [0.1, 0.15) is 6.26 Å². The van der Waals surface area contributed by atoms with Gasteiger partial charge in [0.15, 0.2) is 0 Å². The number of halogens is 3. The normalized spacial score (nSPS) is 12.0. The van der Waals surface area contributed by atoms with Gasteiger partial charge in [0.2, 0.25) is 0 Å². The first kappa shape index (κ1) is 11.0. The maximum Gasteiger partial charge on any atom is 0.393 e. The van der Waals surface area contributed by atoms with Gasteiger partial charge in [-0.3, -0.25) is 0 Å². The van der Waals surface area contributed by atoms with Crippen LogP contribution in [0, 0.1) is 0 Å². The molecule has 0 saturated carbocycles. The van der Waals surface area contributed by atoms with Gasteiger partial charge in [-0.1, -0.05) is 5.16 Å². The summed E-state index contributed by atoms with van der Waals surface area (Å²) < 4.78 is 40.5. The lowest BCUT2D eigenvalue weighted by Gasteiger charge is -2.04. The van der Waals surface area contributed by atoms with Crippen molar-refractivity contribution in [3.63, 3.8) is 0 Å². The molecule has 0 fully saturated rings. The van der Waals surface area contributed by atoms with E-state index in [4.69, 9.17) is 5.11 Å². The fourth-order valence-corrected chi connectivity index (χ4v) is 1.09. The number of aliphatic hydroxyl groups excluding tert-OH is 1. The molecule has 1 aromatic heterocycles. The molecule has 80 valence electrons. The fraction of sp³-hybridized carbons (Fsp3) is 0.625. The average Bonchev–Trinajstić information content (AvgIpc) is 2.45. The number of rotatable bonds is 4. The van der Waals surface area contributed by atoms with E-state index in [2.05, 4.69) is 9.68 Å². The molecule has 0 amide bonds. The molecular weight excluding hydrogens is 199 g/mol. The molecule has 6 heteroatoms. The highest BCUT2D eigenvalue weighted by atomic mass is 19.4. The highest BCUT2D eigenvalue weighted by molar-refractivity contribution is 5.15. The molecule has 0 bridgehead atoms. The van der Waals surface area contributed by atoms with Crippen molar-refractivity contribution in [2.45, 2.75) is 25.4 Å². The topological polar surface area (TPSA) is 46.3 Å². The predicted octanol–water partition coefficient (Wildman–Crippen LogP) is 1.70. The smallest absolute Gasteiger partial charge is 0.393 e. The molecule has 1 heterocycles. The second-order valence-corrected chi connectivity index (χ2v) is 2.91. The SMILES string of the molecule is OCCCc1nocc1CC(F)(F)F. The van der Waals surface area contributed by atoms with E-state index in [1.165, 1.54) is 0 Å². The summed E-state index contributed by atoms with van der Waals surface area (Å²) in [6.07, 6.45) is -3.59. The molecule has 0 aliphatic carbocycles. The van der Waals surface area contributed by atoms with Crippen LogP contribution in [0.4, 0.5) is 13.2 Å². The average molecular weight is 209 g/mol. The molecule has 0 aliphatic rings. The van der Waals surface area contributed by atoms with Crippen LogP contribution in [0.2, 0.25) is 0 Å². The number of aliphatic hydroxyl groups is 1. The summed E-state index contributed by atoms with van der Waals surface area (Å²) in [4.78, 5) is 0. The van der Waals surface area contributed by atoms with Crippen molar-refractivity contribution in [3.8, 4) is 0 Å². The molecule has 0 radical (unpaired) electrons. The van der Waals surface area contributed by atoms with Crippen molar-refractivity contribution >= 4 is 0 Å². The van der Waals surface area contributed by atoms with Crippen molar-refractivity contribution in [1.29, 1.82) is 0 Å². The number of nitrogens with zero attached hydrogens (tertiary/aromatic N) is 1. The Kier molecular flexibility index (Phi) is 3.51. The maximum absolute atomic E-state index is 12.0. The highest BCUT2D eigenvalue weighted by Gasteiger charge is 2.30. The summed E-state index contributed by atoms with van der Waals surface area (Å²) in [5, 5.41) is 12.0. The number of aromatic nitrogens is 1. The van der Waals surface area contributed by atoms with E-state index in [0.717, 1.165) is 6.26 Å². The molecule has 0 aromatic carbocycles. The zero-order valence-electron chi connectivity index (χ0n) is 7.34. The van der Waals surface area contributed by atoms with Crippen LogP contribution in [0.3, 0.4) is 0 Å². The lowest BCUT2D eigenvalue weighted by atomic mass is 10.1. The first-order chi connectivity index (χ1) is 6.53. The Morgan fingerprint density at radius 1 is 1.43 bits per heavy atom. The molecule has 1 aromatic rings. The van der Waals surface area contributed by atoms with Gasteiger partial charge in [0.05, 0.1) is 12.1 Å². The number of alkyl halides is 3. The van der Waals surface area contributed by atoms with Gasteiger partial charge in [-0.25, -0.2) is 0 Å². The lowest BCUT2D eigenvalue weighted by Crippen LogP contribution is -2.12. The summed E-state index contributed by atoms with van der Waals surface area (Å²) >= 11 is 0. The monoisotopic (exact) mass is 209 g/mol. The summed E-state index contributed by atoms with van der Waals surface area (Å²) in [6.45, 7) is -0.0711. The zero-order valence-corrected chi connectivity index (χ0v) is 7.34. The third-order valence-electron chi connectivity index (χ3n) is 1.69. The molecule has 0 unspecified atom stereocenters. The minimum atomic E-state index is -4.25. The maximum atomic E-state index is 12.0. The van der Waals surface area contributed by atoms with Gasteiger partial charge in [-0.2, -0.15) is 13.2 Å².